The highest BCUT2D eigenvalue weighted by molar-refractivity contribution is 9.10. The molecule has 0 aromatic heterocycles. The Morgan fingerprint density at radius 3 is 2.14 bits per heavy atom. The van der Waals surface area contributed by atoms with Gasteiger partial charge in [0.2, 0.25) is 0 Å². The maximum absolute atomic E-state index is 10.1. The van der Waals surface area contributed by atoms with Crippen molar-refractivity contribution in [1.29, 1.82) is 0 Å². The van der Waals surface area contributed by atoms with Crippen LogP contribution in [-0.2, 0) is 5.41 Å². The van der Waals surface area contributed by atoms with Gasteiger partial charge in [-0.1, -0.05) is 72.8 Å². The van der Waals surface area contributed by atoms with Gasteiger partial charge >= 0.3 is 0 Å². The fourth-order valence-electron chi connectivity index (χ4n) is 2.11. The maximum atomic E-state index is 10.1. The molecule has 2 rings (SSSR count). The minimum absolute atomic E-state index is 0.156. The molecule has 0 amide bonds. The second-order valence-corrected chi connectivity index (χ2v) is 7.32. The van der Waals surface area contributed by atoms with Crippen molar-refractivity contribution in [1.82, 2.24) is 0 Å². The van der Waals surface area contributed by atoms with E-state index in [4.69, 9.17) is 0 Å². The van der Waals surface area contributed by atoms with Crippen molar-refractivity contribution >= 4 is 15.9 Å². The van der Waals surface area contributed by atoms with Gasteiger partial charge in [-0.25, -0.2) is 0 Å². The normalized spacial score (nSPS) is 12.4. The summed E-state index contributed by atoms with van der Waals surface area (Å²) < 4.78 is 1.01. The molecule has 114 valence electrons. The summed E-state index contributed by atoms with van der Waals surface area (Å²) in [5.74, 6) is 6.18. The third kappa shape index (κ3) is 4.73. The second-order valence-electron chi connectivity index (χ2n) is 6.40. The molecule has 1 atom stereocenters. The lowest BCUT2D eigenvalue weighted by molar-refractivity contribution is 0.184. The van der Waals surface area contributed by atoms with Gasteiger partial charge in [0.05, 0.1) is 6.10 Å². The van der Waals surface area contributed by atoms with Gasteiger partial charge in [0.15, 0.2) is 0 Å². The molecular formula is C20H21BrO. The van der Waals surface area contributed by atoms with Crippen LogP contribution in [0.15, 0.2) is 53.0 Å². The van der Waals surface area contributed by atoms with Gasteiger partial charge in [-0.2, -0.15) is 0 Å². The lowest BCUT2D eigenvalue weighted by Gasteiger charge is -2.18. The Hall–Kier alpha value is -1.56. The minimum Gasteiger partial charge on any atom is -0.387 e. The third-order valence-corrected chi connectivity index (χ3v) is 4.06. The number of aliphatic hydroxyl groups is 1. The average Bonchev–Trinajstić information content (AvgIpc) is 2.47. The van der Waals surface area contributed by atoms with Crippen molar-refractivity contribution in [3.05, 3.63) is 69.7 Å². The molecule has 22 heavy (non-hydrogen) atoms. The third-order valence-electron chi connectivity index (χ3n) is 3.53. The summed E-state index contributed by atoms with van der Waals surface area (Å²) in [4.78, 5) is 0. The highest BCUT2D eigenvalue weighted by Crippen LogP contribution is 2.22. The van der Waals surface area contributed by atoms with Gasteiger partial charge in [-0.05, 0) is 40.8 Å². The lowest BCUT2D eigenvalue weighted by atomic mass is 9.87. The largest absolute Gasteiger partial charge is 0.387 e. The van der Waals surface area contributed by atoms with E-state index in [-0.39, 0.29) is 5.41 Å². The van der Waals surface area contributed by atoms with E-state index >= 15 is 0 Å². The molecule has 0 aliphatic carbocycles. The number of benzene rings is 2. The van der Waals surface area contributed by atoms with E-state index in [1.807, 2.05) is 36.4 Å². The SMILES string of the molecule is CC(C)(C)c1ccc(C#CCC(O)c2ccc(Br)cc2)cc1. The number of hydrogen-bond donors (Lipinski definition) is 1. The number of aliphatic hydroxyl groups excluding tert-OH is 1. The average molecular weight is 357 g/mol. The highest BCUT2D eigenvalue weighted by atomic mass is 79.9. The number of rotatable bonds is 2. The van der Waals surface area contributed by atoms with Crippen LogP contribution < -0.4 is 0 Å². The summed E-state index contributed by atoms with van der Waals surface area (Å²) in [6.07, 6.45) is -0.114. The Bertz CT molecular complexity index is 667. The molecule has 2 aromatic carbocycles. The molecule has 2 aromatic rings. The van der Waals surface area contributed by atoms with Crippen molar-refractivity contribution in [2.75, 3.05) is 0 Å². The number of halogens is 1. The molecule has 0 radical (unpaired) electrons. The summed E-state index contributed by atoms with van der Waals surface area (Å²) in [7, 11) is 0. The first-order chi connectivity index (χ1) is 10.4. The quantitative estimate of drug-likeness (QED) is 0.731. The van der Waals surface area contributed by atoms with Crippen LogP contribution in [-0.4, -0.2) is 5.11 Å². The Morgan fingerprint density at radius 2 is 1.59 bits per heavy atom. The summed E-state index contributed by atoms with van der Waals surface area (Å²) in [6.45, 7) is 6.59. The van der Waals surface area contributed by atoms with Gasteiger partial charge < -0.3 is 5.11 Å². The van der Waals surface area contributed by atoms with Crippen LogP contribution in [0.4, 0.5) is 0 Å². The molecule has 0 saturated carbocycles. The Labute approximate surface area is 141 Å². The van der Waals surface area contributed by atoms with E-state index in [0.717, 1.165) is 15.6 Å². The summed E-state index contributed by atoms with van der Waals surface area (Å²) >= 11 is 3.39. The van der Waals surface area contributed by atoms with E-state index in [0.29, 0.717) is 6.42 Å². The number of hydrogen-bond acceptors (Lipinski definition) is 1. The molecule has 1 nitrogen and oxygen atoms in total. The summed E-state index contributed by atoms with van der Waals surface area (Å²) in [5, 5.41) is 10.1. The first-order valence-electron chi connectivity index (χ1n) is 7.39. The Morgan fingerprint density at radius 1 is 1.00 bits per heavy atom. The predicted molar refractivity (Wildman–Crippen MR) is 95.7 cm³/mol. The lowest BCUT2D eigenvalue weighted by Crippen LogP contribution is -2.10. The molecule has 0 heterocycles. The Kier molecular flexibility index (Phi) is 5.45. The molecule has 0 saturated heterocycles. The van der Waals surface area contributed by atoms with Crippen molar-refractivity contribution in [2.24, 2.45) is 0 Å². The van der Waals surface area contributed by atoms with Crippen molar-refractivity contribution < 1.29 is 5.11 Å². The van der Waals surface area contributed by atoms with E-state index in [2.05, 4.69) is 60.7 Å². The zero-order chi connectivity index (χ0) is 16.2. The molecule has 1 unspecified atom stereocenters. The maximum Gasteiger partial charge on any atom is 0.0899 e. The first-order valence-corrected chi connectivity index (χ1v) is 8.18. The van der Waals surface area contributed by atoms with Crippen molar-refractivity contribution in [3.63, 3.8) is 0 Å². The van der Waals surface area contributed by atoms with Crippen LogP contribution in [0, 0.1) is 11.8 Å². The second kappa shape index (κ2) is 7.13. The van der Waals surface area contributed by atoms with E-state index < -0.39 is 6.10 Å². The van der Waals surface area contributed by atoms with Crippen LogP contribution in [0.3, 0.4) is 0 Å². The van der Waals surface area contributed by atoms with Gasteiger partial charge in [0, 0.05) is 16.5 Å². The minimum atomic E-state index is -0.547. The highest BCUT2D eigenvalue weighted by Gasteiger charge is 2.12. The van der Waals surface area contributed by atoms with Crippen LogP contribution in [0.25, 0.3) is 0 Å². The summed E-state index contributed by atoms with van der Waals surface area (Å²) in [5.41, 5.74) is 3.33. The predicted octanol–water partition coefficient (Wildman–Crippen LogP) is 5.22. The van der Waals surface area contributed by atoms with Crippen LogP contribution in [0.5, 0.6) is 0 Å². The fourth-order valence-corrected chi connectivity index (χ4v) is 2.37. The van der Waals surface area contributed by atoms with Crippen molar-refractivity contribution in [2.45, 2.75) is 38.7 Å². The van der Waals surface area contributed by atoms with Crippen molar-refractivity contribution in [3.8, 4) is 11.8 Å². The van der Waals surface area contributed by atoms with E-state index in [1.165, 1.54) is 5.56 Å². The molecule has 0 bridgehead atoms. The molecule has 0 aliphatic heterocycles. The van der Waals surface area contributed by atoms with Crippen LogP contribution in [0.1, 0.15) is 50.0 Å². The molecular weight excluding hydrogens is 336 g/mol. The van der Waals surface area contributed by atoms with Gasteiger partial charge in [0.1, 0.15) is 0 Å². The molecule has 0 aliphatic rings. The molecule has 0 spiro atoms. The zero-order valence-corrected chi connectivity index (χ0v) is 14.8. The topological polar surface area (TPSA) is 20.2 Å². The van der Waals surface area contributed by atoms with Crippen LogP contribution >= 0.6 is 15.9 Å². The Balaban J connectivity index is 2.00. The summed E-state index contributed by atoms with van der Waals surface area (Å²) in [6, 6.07) is 16.0. The van der Waals surface area contributed by atoms with Gasteiger partial charge in [0.25, 0.3) is 0 Å². The molecule has 1 N–H and O–H groups in total. The zero-order valence-electron chi connectivity index (χ0n) is 13.2. The van der Waals surface area contributed by atoms with Crippen LogP contribution in [0.2, 0.25) is 0 Å². The monoisotopic (exact) mass is 356 g/mol. The smallest absolute Gasteiger partial charge is 0.0899 e. The standard InChI is InChI=1S/C20H21BrO/c1-20(2,3)17-11-7-15(8-12-17)5-4-6-19(22)16-9-13-18(21)14-10-16/h7-14,19,22H,6H2,1-3H3. The van der Waals surface area contributed by atoms with E-state index in [1.54, 1.807) is 0 Å². The first kappa shape index (κ1) is 16.8. The van der Waals surface area contributed by atoms with E-state index in [9.17, 15) is 5.11 Å². The molecule has 0 fully saturated rings. The molecule has 2 heteroatoms. The fraction of sp³-hybridized carbons (Fsp3) is 0.300. The van der Waals surface area contributed by atoms with Gasteiger partial charge in [-0.15, -0.1) is 0 Å². The van der Waals surface area contributed by atoms with Gasteiger partial charge in [-0.3, -0.25) is 0 Å².